The zero-order valence-electron chi connectivity index (χ0n) is 11.8. The van der Waals surface area contributed by atoms with E-state index in [0.29, 0.717) is 0 Å². The van der Waals surface area contributed by atoms with Crippen molar-refractivity contribution in [3.8, 4) is 0 Å². The van der Waals surface area contributed by atoms with Crippen molar-refractivity contribution < 1.29 is 0 Å². The lowest BCUT2D eigenvalue weighted by Gasteiger charge is -2.21. The minimum absolute atomic E-state index is 1.15. The highest BCUT2D eigenvalue weighted by Crippen LogP contribution is 2.27. The van der Waals surface area contributed by atoms with Crippen molar-refractivity contribution in [3.05, 3.63) is 29.3 Å². The molecule has 1 heteroatoms. The molecule has 18 heavy (non-hydrogen) atoms. The van der Waals surface area contributed by atoms with Crippen molar-refractivity contribution in [1.29, 1.82) is 0 Å². The summed E-state index contributed by atoms with van der Waals surface area (Å²) in [5, 5.41) is 3.59. The number of aryl methyl sites for hydroxylation is 2. The number of rotatable bonds is 7. The summed E-state index contributed by atoms with van der Waals surface area (Å²) < 4.78 is 0. The summed E-state index contributed by atoms with van der Waals surface area (Å²) in [6.45, 7) is 3.43. The molecule has 0 fully saturated rings. The summed E-state index contributed by atoms with van der Waals surface area (Å²) in [7, 11) is 0. The predicted molar refractivity (Wildman–Crippen MR) is 80.3 cm³/mol. The van der Waals surface area contributed by atoms with Crippen molar-refractivity contribution in [2.75, 3.05) is 11.9 Å². The summed E-state index contributed by atoms with van der Waals surface area (Å²) in [4.78, 5) is 0. The first kappa shape index (κ1) is 13.5. The van der Waals surface area contributed by atoms with Gasteiger partial charge in [0.15, 0.2) is 0 Å². The molecule has 0 atom stereocenters. The van der Waals surface area contributed by atoms with Crippen LogP contribution in [0.25, 0.3) is 0 Å². The molecule has 0 amide bonds. The molecule has 1 heterocycles. The maximum absolute atomic E-state index is 3.59. The molecule has 0 saturated carbocycles. The quantitative estimate of drug-likeness (QED) is 0.670. The molecule has 0 aliphatic carbocycles. The topological polar surface area (TPSA) is 12.0 Å². The Morgan fingerprint density at radius 2 is 1.89 bits per heavy atom. The van der Waals surface area contributed by atoms with E-state index in [0.717, 1.165) is 6.54 Å². The first-order valence-corrected chi connectivity index (χ1v) is 7.76. The third kappa shape index (κ3) is 3.76. The van der Waals surface area contributed by atoms with E-state index in [1.165, 1.54) is 69.0 Å². The van der Waals surface area contributed by atoms with Gasteiger partial charge in [0.1, 0.15) is 0 Å². The molecule has 2 rings (SSSR count). The number of para-hydroxylation sites is 1. The minimum atomic E-state index is 1.15. The zero-order chi connectivity index (χ0) is 12.6. The minimum Gasteiger partial charge on any atom is -0.385 e. The zero-order valence-corrected chi connectivity index (χ0v) is 11.8. The van der Waals surface area contributed by atoms with Crippen LogP contribution in [-0.4, -0.2) is 6.54 Å². The Kier molecular flexibility index (Phi) is 5.57. The van der Waals surface area contributed by atoms with Crippen LogP contribution in [0.5, 0.6) is 0 Å². The molecule has 0 saturated heterocycles. The van der Waals surface area contributed by atoms with E-state index in [1.807, 2.05) is 0 Å². The van der Waals surface area contributed by atoms with Gasteiger partial charge in [-0.1, -0.05) is 57.2 Å². The standard InChI is InChI=1S/C17H27N/c1-2-3-4-5-6-7-10-15-11-8-12-16-13-9-14-18-17(15)16/h8,11-12,18H,2-7,9-10,13-14H2,1H3. The van der Waals surface area contributed by atoms with Crippen molar-refractivity contribution in [2.24, 2.45) is 0 Å². The van der Waals surface area contributed by atoms with Crippen LogP contribution in [0.2, 0.25) is 0 Å². The Bertz CT molecular complexity index is 357. The number of fused-ring (bicyclic) bond motifs is 1. The lowest BCUT2D eigenvalue weighted by Crippen LogP contribution is -2.13. The van der Waals surface area contributed by atoms with E-state index >= 15 is 0 Å². The maximum atomic E-state index is 3.59. The molecule has 100 valence electrons. The fraction of sp³-hybridized carbons (Fsp3) is 0.647. The van der Waals surface area contributed by atoms with Gasteiger partial charge < -0.3 is 5.32 Å². The summed E-state index contributed by atoms with van der Waals surface area (Å²) in [5.74, 6) is 0. The van der Waals surface area contributed by atoms with Crippen molar-refractivity contribution >= 4 is 5.69 Å². The molecule has 1 nitrogen and oxygen atoms in total. The molecule has 1 aliphatic heterocycles. The van der Waals surface area contributed by atoms with E-state index in [4.69, 9.17) is 0 Å². The Morgan fingerprint density at radius 1 is 1.06 bits per heavy atom. The van der Waals surface area contributed by atoms with Gasteiger partial charge in [-0.25, -0.2) is 0 Å². The van der Waals surface area contributed by atoms with Crippen LogP contribution in [0.1, 0.15) is 63.0 Å². The lowest BCUT2D eigenvalue weighted by molar-refractivity contribution is 0.607. The van der Waals surface area contributed by atoms with Crippen LogP contribution < -0.4 is 5.32 Å². The fourth-order valence-corrected chi connectivity index (χ4v) is 2.89. The number of anilines is 1. The smallest absolute Gasteiger partial charge is 0.0405 e. The number of benzene rings is 1. The Hall–Kier alpha value is -0.980. The van der Waals surface area contributed by atoms with Gasteiger partial charge in [0, 0.05) is 12.2 Å². The first-order chi connectivity index (χ1) is 8.92. The van der Waals surface area contributed by atoms with Crippen LogP contribution >= 0.6 is 0 Å². The van der Waals surface area contributed by atoms with Crippen LogP contribution in [0.4, 0.5) is 5.69 Å². The molecule has 1 aliphatic rings. The van der Waals surface area contributed by atoms with Crippen LogP contribution in [0, 0.1) is 0 Å². The average molecular weight is 245 g/mol. The highest BCUT2D eigenvalue weighted by molar-refractivity contribution is 5.59. The van der Waals surface area contributed by atoms with E-state index < -0.39 is 0 Å². The fourth-order valence-electron chi connectivity index (χ4n) is 2.89. The van der Waals surface area contributed by atoms with Gasteiger partial charge in [-0.05, 0) is 36.8 Å². The Morgan fingerprint density at radius 3 is 2.78 bits per heavy atom. The number of hydrogen-bond donors (Lipinski definition) is 1. The summed E-state index contributed by atoms with van der Waals surface area (Å²) in [6, 6.07) is 6.83. The lowest BCUT2D eigenvalue weighted by atomic mass is 9.96. The number of unbranched alkanes of at least 4 members (excludes halogenated alkanes) is 5. The van der Waals surface area contributed by atoms with Crippen molar-refractivity contribution in [2.45, 2.75) is 64.7 Å². The largest absolute Gasteiger partial charge is 0.385 e. The molecular weight excluding hydrogens is 218 g/mol. The van der Waals surface area contributed by atoms with Crippen LogP contribution in [0.15, 0.2) is 18.2 Å². The van der Waals surface area contributed by atoms with E-state index in [9.17, 15) is 0 Å². The first-order valence-electron chi connectivity index (χ1n) is 7.76. The second kappa shape index (κ2) is 7.45. The van der Waals surface area contributed by atoms with Crippen LogP contribution in [0.3, 0.4) is 0 Å². The number of hydrogen-bond acceptors (Lipinski definition) is 1. The van der Waals surface area contributed by atoms with Crippen molar-refractivity contribution in [3.63, 3.8) is 0 Å². The highest BCUT2D eigenvalue weighted by Gasteiger charge is 2.11. The van der Waals surface area contributed by atoms with E-state index in [1.54, 1.807) is 5.56 Å². The van der Waals surface area contributed by atoms with E-state index in [-0.39, 0.29) is 0 Å². The summed E-state index contributed by atoms with van der Waals surface area (Å²) >= 11 is 0. The molecule has 0 radical (unpaired) electrons. The molecule has 1 N–H and O–H groups in total. The predicted octanol–water partition coefficient (Wildman–Crippen LogP) is 4.95. The average Bonchev–Trinajstić information content (AvgIpc) is 2.43. The molecule has 1 aromatic carbocycles. The second-order valence-corrected chi connectivity index (χ2v) is 5.50. The third-order valence-corrected chi connectivity index (χ3v) is 3.96. The molecular formula is C17H27N. The molecule has 0 bridgehead atoms. The van der Waals surface area contributed by atoms with Gasteiger partial charge in [-0.15, -0.1) is 0 Å². The van der Waals surface area contributed by atoms with Crippen molar-refractivity contribution in [1.82, 2.24) is 0 Å². The Balaban J connectivity index is 1.79. The normalized spacial score (nSPS) is 14.1. The summed E-state index contributed by atoms with van der Waals surface area (Å²) in [5.41, 5.74) is 4.53. The van der Waals surface area contributed by atoms with Gasteiger partial charge in [-0.2, -0.15) is 0 Å². The van der Waals surface area contributed by atoms with Crippen LogP contribution in [-0.2, 0) is 12.8 Å². The summed E-state index contributed by atoms with van der Waals surface area (Å²) in [6.07, 6.45) is 12.1. The third-order valence-electron chi connectivity index (χ3n) is 3.96. The number of nitrogens with one attached hydrogen (secondary N) is 1. The SMILES string of the molecule is CCCCCCCCc1cccc2c1NCCC2. The van der Waals surface area contributed by atoms with Gasteiger partial charge in [0.2, 0.25) is 0 Å². The Labute approximate surface area is 112 Å². The molecule has 0 aromatic heterocycles. The molecule has 0 spiro atoms. The maximum Gasteiger partial charge on any atom is 0.0405 e. The second-order valence-electron chi connectivity index (χ2n) is 5.50. The highest BCUT2D eigenvalue weighted by atomic mass is 14.9. The van der Waals surface area contributed by atoms with Gasteiger partial charge in [-0.3, -0.25) is 0 Å². The van der Waals surface area contributed by atoms with Gasteiger partial charge >= 0.3 is 0 Å². The molecule has 0 unspecified atom stereocenters. The molecule has 1 aromatic rings. The monoisotopic (exact) mass is 245 g/mol. The van der Waals surface area contributed by atoms with E-state index in [2.05, 4.69) is 30.4 Å². The van der Waals surface area contributed by atoms with Gasteiger partial charge in [0.05, 0.1) is 0 Å². The van der Waals surface area contributed by atoms with Gasteiger partial charge in [0.25, 0.3) is 0 Å².